The monoisotopic (exact) mass is 331 g/mol. The average molecular weight is 331 g/mol. The fraction of sp³-hybridized carbons (Fsp3) is 0. The second kappa shape index (κ2) is 5.29. The zero-order valence-electron chi connectivity index (χ0n) is 11.5. The molecular weight excluding hydrogens is 322 g/mol. The Bertz CT molecular complexity index is 1030. The molecule has 116 valence electrons. The molecule has 2 heterocycles. The van der Waals surface area contributed by atoms with Crippen molar-refractivity contribution in [2.24, 2.45) is 0 Å². The van der Waals surface area contributed by atoms with Gasteiger partial charge in [-0.15, -0.1) is 0 Å². The van der Waals surface area contributed by atoms with Crippen LogP contribution >= 0.6 is 0 Å². The van der Waals surface area contributed by atoms with E-state index in [1.807, 2.05) is 0 Å². The van der Waals surface area contributed by atoms with Crippen LogP contribution in [0, 0.1) is 10.1 Å². The van der Waals surface area contributed by atoms with Gasteiger partial charge in [-0.3, -0.25) is 14.9 Å². The van der Waals surface area contributed by atoms with Crippen LogP contribution in [0.2, 0.25) is 0 Å². The van der Waals surface area contributed by atoms with Crippen molar-refractivity contribution in [2.45, 2.75) is 4.90 Å². The Labute approximate surface area is 130 Å². The predicted molar refractivity (Wildman–Crippen MR) is 80.8 cm³/mol. The molecule has 0 saturated carbocycles. The van der Waals surface area contributed by atoms with E-state index in [1.54, 1.807) is 18.2 Å². The van der Waals surface area contributed by atoms with E-state index < -0.39 is 14.9 Å². The van der Waals surface area contributed by atoms with Crippen molar-refractivity contribution in [1.82, 2.24) is 8.96 Å². The predicted octanol–water partition coefficient (Wildman–Crippen LogP) is 1.99. The van der Waals surface area contributed by atoms with Crippen LogP contribution in [0.3, 0.4) is 0 Å². The van der Waals surface area contributed by atoms with E-state index >= 15 is 0 Å². The van der Waals surface area contributed by atoms with E-state index in [4.69, 9.17) is 0 Å². The molecule has 0 saturated heterocycles. The quantitative estimate of drug-likeness (QED) is 0.410. The van der Waals surface area contributed by atoms with E-state index in [9.17, 15) is 23.3 Å². The van der Waals surface area contributed by atoms with Crippen LogP contribution in [0.4, 0.5) is 5.69 Å². The number of aromatic nitrogens is 2. The van der Waals surface area contributed by atoms with Crippen LogP contribution in [0.1, 0.15) is 10.5 Å². The zero-order chi connectivity index (χ0) is 16.6. The Balaban J connectivity index is 2.33. The van der Waals surface area contributed by atoms with Gasteiger partial charge in [-0.25, -0.2) is 17.4 Å². The van der Waals surface area contributed by atoms with Gasteiger partial charge in [0.25, 0.3) is 15.7 Å². The topological polar surface area (TPSA) is 112 Å². The van der Waals surface area contributed by atoms with Crippen molar-refractivity contribution in [3.63, 3.8) is 0 Å². The normalized spacial score (nSPS) is 11.5. The van der Waals surface area contributed by atoms with Crippen molar-refractivity contribution in [2.75, 3.05) is 0 Å². The lowest BCUT2D eigenvalue weighted by atomic mass is 10.3. The molecule has 0 N–H and O–H groups in total. The number of carbonyl (C=O) groups excluding carboxylic acids is 1. The third-order valence-electron chi connectivity index (χ3n) is 3.22. The van der Waals surface area contributed by atoms with E-state index in [-0.39, 0.29) is 27.3 Å². The molecule has 0 unspecified atom stereocenters. The Kier molecular flexibility index (Phi) is 3.41. The average Bonchev–Trinajstić information content (AvgIpc) is 2.93. The number of rotatable bonds is 4. The van der Waals surface area contributed by atoms with Crippen molar-refractivity contribution >= 4 is 33.0 Å². The maximum atomic E-state index is 12.7. The molecule has 8 nitrogen and oxygen atoms in total. The number of nitro groups is 1. The summed E-state index contributed by atoms with van der Waals surface area (Å²) in [5.41, 5.74) is -0.484. The number of hydrogen-bond acceptors (Lipinski definition) is 6. The molecule has 0 atom stereocenters. The highest BCUT2D eigenvalue weighted by Crippen LogP contribution is 2.26. The molecule has 0 aliphatic carbocycles. The Hall–Kier alpha value is -3.07. The number of nitrogens with zero attached hydrogens (tertiary/aromatic N) is 3. The van der Waals surface area contributed by atoms with E-state index in [2.05, 4.69) is 4.98 Å². The summed E-state index contributed by atoms with van der Waals surface area (Å²) >= 11 is 0. The zero-order valence-corrected chi connectivity index (χ0v) is 12.3. The minimum absolute atomic E-state index is 0.0132. The van der Waals surface area contributed by atoms with Gasteiger partial charge < -0.3 is 0 Å². The number of carbonyl (C=O) groups is 1. The second-order valence-corrected chi connectivity index (χ2v) is 6.42. The maximum Gasteiger partial charge on any atom is 0.288 e. The highest BCUT2D eigenvalue weighted by Gasteiger charge is 2.24. The van der Waals surface area contributed by atoms with Gasteiger partial charge in [-0.2, -0.15) is 0 Å². The highest BCUT2D eigenvalue weighted by atomic mass is 32.2. The van der Waals surface area contributed by atoms with Crippen LogP contribution in [0.15, 0.2) is 53.6 Å². The summed E-state index contributed by atoms with van der Waals surface area (Å²) < 4.78 is 26.3. The first-order valence-corrected chi connectivity index (χ1v) is 7.81. The summed E-state index contributed by atoms with van der Waals surface area (Å²) in [6, 6.07) is 9.97. The van der Waals surface area contributed by atoms with Crippen molar-refractivity contribution in [3.05, 3.63) is 64.5 Å². The second-order valence-electron chi connectivity index (χ2n) is 4.63. The summed E-state index contributed by atoms with van der Waals surface area (Å²) in [5.74, 6) is 0. The van der Waals surface area contributed by atoms with Gasteiger partial charge in [0, 0.05) is 11.5 Å². The molecule has 0 radical (unpaired) electrons. The van der Waals surface area contributed by atoms with Gasteiger partial charge in [-0.05, 0) is 18.2 Å². The number of benzene rings is 1. The van der Waals surface area contributed by atoms with E-state index in [0.29, 0.717) is 6.29 Å². The molecule has 0 aliphatic rings. The summed E-state index contributed by atoms with van der Waals surface area (Å²) in [5, 5.41) is 11.0. The van der Waals surface area contributed by atoms with Gasteiger partial charge in [0.15, 0.2) is 11.9 Å². The third kappa shape index (κ3) is 2.36. The standard InChI is InChI=1S/C14H9N3O5S/c18-9-12-7-10-6-11(17(19)20)8-15-14(10)16(12)23(21,22)13-4-2-1-3-5-13/h1-9H. The maximum absolute atomic E-state index is 12.7. The van der Waals surface area contributed by atoms with Crippen molar-refractivity contribution < 1.29 is 18.1 Å². The van der Waals surface area contributed by atoms with Crippen LogP contribution in [-0.2, 0) is 10.0 Å². The van der Waals surface area contributed by atoms with Gasteiger partial charge in [0.2, 0.25) is 0 Å². The molecular formula is C14H9N3O5S. The Morgan fingerprint density at radius 2 is 1.87 bits per heavy atom. The van der Waals surface area contributed by atoms with Gasteiger partial charge in [0.1, 0.15) is 6.20 Å². The Morgan fingerprint density at radius 3 is 2.48 bits per heavy atom. The van der Waals surface area contributed by atoms with Crippen LogP contribution < -0.4 is 0 Å². The SMILES string of the molecule is O=Cc1cc2cc([N+](=O)[O-])cnc2n1S(=O)(=O)c1ccccc1. The minimum atomic E-state index is -4.05. The molecule has 2 aromatic heterocycles. The molecule has 0 bridgehead atoms. The van der Waals surface area contributed by atoms with Crippen LogP contribution in [-0.4, -0.2) is 28.6 Å². The molecule has 3 rings (SSSR count). The summed E-state index contributed by atoms with van der Waals surface area (Å²) in [7, 11) is -4.05. The first-order chi connectivity index (χ1) is 10.9. The molecule has 9 heteroatoms. The molecule has 1 aromatic carbocycles. The lowest BCUT2D eigenvalue weighted by Crippen LogP contribution is -2.15. The summed E-state index contributed by atoms with van der Waals surface area (Å²) in [4.78, 5) is 25.2. The summed E-state index contributed by atoms with van der Waals surface area (Å²) in [6.07, 6.45) is 1.32. The first-order valence-electron chi connectivity index (χ1n) is 6.37. The Morgan fingerprint density at radius 1 is 1.17 bits per heavy atom. The fourth-order valence-corrected chi connectivity index (χ4v) is 3.68. The van der Waals surface area contributed by atoms with Gasteiger partial charge in [-0.1, -0.05) is 18.2 Å². The largest absolute Gasteiger partial charge is 0.296 e. The number of pyridine rings is 1. The molecule has 0 spiro atoms. The van der Waals surface area contributed by atoms with Crippen molar-refractivity contribution in [1.29, 1.82) is 0 Å². The van der Waals surface area contributed by atoms with E-state index in [1.165, 1.54) is 24.3 Å². The molecule has 23 heavy (non-hydrogen) atoms. The lowest BCUT2D eigenvalue weighted by Gasteiger charge is -2.08. The van der Waals surface area contributed by atoms with Gasteiger partial charge >= 0.3 is 0 Å². The first kappa shape index (κ1) is 14.9. The van der Waals surface area contributed by atoms with E-state index in [0.717, 1.165) is 10.2 Å². The molecule has 0 fully saturated rings. The molecule has 0 amide bonds. The van der Waals surface area contributed by atoms with Crippen molar-refractivity contribution in [3.8, 4) is 0 Å². The molecule has 3 aromatic rings. The highest BCUT2D eigenvalue weighted by molar-refractivity contribution is 7.90. The van der Waals surface area contributed by atoms with Crippen LogP contribution in [0.5, 0.6) is 0 Å². The minimum Gasteiger partial charge on any atom is -0.296 e. The number of fused-ring (bicyclic) bond motifs is 1. The number of aldehydes is 1. The lowest BCUT2D eigenvalue weighted by molar-refractivity contribution is -0.385. The summed E-state index contributed by atoms with van der Waals surface area (Å²) in [6.45, 7) is 0. The fourth-order valence-electron chi connectivity index (χ4n) is 2.21. The molecule has 0 aliphatic heterocycles. The smallest absolute Gasteiger partial charge is 0.288 e. The van der Waals surface area contributed by atoms with Gasteiger partial charge in [0.05, 0.1) is 15.5 Å². The number of hydrogen-bond donors (Lipinski definition) is 0. The third-order valence-corrected chi connectivity index (χ3v) is 4.96. The van der Waals surface area contributed by atoms with Crippen LogP contribution in [0.25, 0.3) is 11.0 Å².